The normalized spacial score (nSPS) is 11.5. The summed E-state index contributed by atoms with van der Waals surface area (Å²) in [5, 5.41) is 10.0. The van der Waals surface area contributed by atoms with Crippen LogP contribution in [0.2, 0.25) is 0 Å². The fourth-order valence-electron chi connectivity index (χ4n) is 9.62. The Balaban J connectivity index is 1.08. The first-order valence-electron chi connectivity index (χ1n) is 21.7. The maximum absolute atomic E-state index is 2.37. The van der Waals surface area contributed by atoms with E-state index in [1.165, 1.54) is 132 Å². The lowest BCUT2D eigenvalue weighted by Crippen LogP contribution is -1.93. The average Bonchev–Trinajstić information content (AvgIpc) is 3.30. The molecule has 0 unspecified atom stereocenters. The lowest BCUT2D eigenvalue weighted by molar-refractivity contribution is 1.50. The highest BCUT2D eigenvalue weighted by Gasteiger charge is 2.18. The van der Waals surface area contributed by atoms with E-state index in [-0.39, 0.29) is 0 Å². The van der Waals surface area contributed by atoms with Crippen molar-refractivity contribution in [2.75, 3.05) is 0 Å². The molecule has 0 atom stereocenters. The molecule has 0 aromatic heterocycles. The van der Waals surface area contributed by atoms with Gasteiger partial charge in [-0.3, -0.25) is 0 Å². The molecule has 11 aromatic rings. The molecule has 11 aromatic carbocycles. The van der Waals surface area contributed by atoms with E-state index in [1.54, 1.807) is 0 Å². The van der Waals surface area contributed by atoms with Gasteiger partial charge in [0.25, 0.3) is 0 Å². The van der Waals surface area contributed by atoms with Crippen LogP contribution in [-0.4, -0.2) is 0 Å². The topological polar surface area (TPSA) is 0 Å². The van der Waals surface area contributed by atoms with Crippen LogP contribution in [-0.2, 0) is 0 Å². The van der Waals surface area contributed by atoms with E-state index in [9.17, 15) is 0 Å². The number of fused-ring (bicyclic) bond motifs is 4. The Morgan fingerprint density at radius 3 is 0.742 bits per heavy atom. The van der Waals surface area contributed by atoms with Gasteiger partial charge in [0.05, 0.1) is 0 Å². The standard InChI is InChI=1S/C62H46/c1-39-11-15-49-35-53(27-23-45(49)31-39)59-9-5-7-57(61(59)55-29-25-47-33-41(3)13-17-51(47)37-55)43-19-21-44(22-20-43)58-8-6-10-60(54-28-24-46-32-40(2)12-16-50(46)36-54)62(58)56-30-26-48-34-42(4)14-18-52(48)38-56/h5-38H,1-4H3. The van der Waals surface area contributed by atoms with Crippen LogP contribution in [0.1, 0.15) is 22.3 Å². The second-order valence-corrected chi connectivity index (χ2v) is 17.3. The molecule has 0 fully saturated rings. The van der Waals surface area contributed by atoms with Gasteiger partial charge in [0.2, 0.25) is 0 Å². The van der Waals surface area contributed by atoms with E-state index in [1.807, 2.05) is 0 Å². The molecule has 0 radical (unpaired) electrons. The molecule has 0 N–H and O–H groups in total. The van der Waals surface area contributed by atoms with Crippen LogP contribution in [0.4, 0.5) is 0 Å². The molecule has 0 nitrogen and oxygen atoms in total. The van der Waals surface area contributed by atoms with Gasteiger partial charge >= 0.3 is 0 Å². The quantitative estimate of drug-likeness (QED) is 0.157. The fraction of sp³-hybridized carbons (Fsp3) is 0.0645. The molecule has 0 heteroatoms. The highest BCUT2D eigenvalue weighted by atomic mass is 14.2. The van der Waals surface area contributed by atoms with E-state index in [4.69, 9.17) is 0 Å². The Morgan fingerprint density at radius 1 is 0.194 bits per heavy atom. The van der Waals surface area contributed by atoms with Crippen LogP contribution in [0.3, 0.4) is 0 Å². The lowest BCUT2D eigenvalue weighted by Gasteiger charge is -2.19. The Labute approximate surface area is 364 Å². The van der Waals surface area contributed by atoms with Crippen molar-refractivity contribution in [1.29, 1.82) is 0 Å². The third kappa shape index (κ3) is 6.85. The summed E-state index contributed by atoms with van der Waals surface area (Å²) < 4.78 is 0. The highest BCUT2D eigenvalue weighted by molar-refractivity contribution is 6.02. The molecule has 0 saturated carbocycles. The maximum Gasteiger partial charge on any atom is -0.00266 e. The molecule has 0 bridgehead atoms. The second-order valence-electron chi connectivity index (χ2n) is 17.3. The van der Waals surface area contributed by atoms with E-state index in [0.29, 0.717) is 0 Å². The molecular weight excluding hydrogens is 745 g/mol. The van der Waals surface area contributed by atoms with Gasteiger partial charge in [0, 0.05) is 0 Å². The number of aryl methyl sites for hydroxylation is 4. The Morgan fingerprint density at radius 2 is 0.419 bits per heavy atom. The lowest BCUT2D eigenvalue weighted by atomic mass is 9.84. The van der Waals surface area contributed by atoms with Gasteiger partial charge in [-0.15, -0.1) is 0 Å². The van der Waals surface area contributed by atoms with E-state index >= 15 is 0 Å². The van der Waals surface area contributed by atoms with Gasteiger partial charge in [-0.25, -0.2) is 0 Å². The summed E-state index contributed by atoms with van der Waals surface area (Å²) >= 11 is 0. The monoisotopic (exact) mass is 790 g/mol. The molecular formula is C62H46. The fourth-order valence-corrected chi connectivity index (χ4v) is 9.62. The zero-order valence-corrected chi connectivity index (χ0v) is 35.6. The molecule has 0 aliphatic carbocycles. The zero-order chi connectivity index (χ0) is 41.9. The molecule has 0 amide bonds. The van der Waals surface area contributed by atoms with Gasteiger partial charge < -0.3 is 0 Å². The summed E-state index contributed by atoms with van der Waals surface area (Å²) in [6.07, 6.45) is 0. The zero-order valence-electron chi connectivity index (χ0n) is 35.6. The van der Waals surface area contributed by atoms with Crippen LogP contribution < -0.4 is 0 Å². The summed E-state index contributed by atoms with van der Waals surface area (Å²) in [6, 6.07) is 77.6. The molecule has 62 heavy (non-hydrogen) atoms. The number of hydrogen-bond acceptors (Lipinski definition) is 0. The van der Waals surface area contributed by atoms with Crippen molar-refractivity contribution >= 4 is 43.1 Å². The van der Waals surface area contributed by atoms with E-state index in [2.05, 4.69) is 234 Å². The van der Waals surface area contributed by atoms with Crippen molar-refractivity contribution < 1.29 is 0 Å². The van der Waals surface area contributed by atoms with Gasteiger partial charge in [-0.05, 0) is 162 Å². The van der Waals surface area contributed by atoms with Crippen molar-refractivity contribution in [3.05, 3.63) is 229 Å². The predicted octanol–water partition coefficient (Wildman–Crippen LogP) is 17.5. The van der Waals surface area contributed by atoms with Crippen LogP contribution in [0.15, 0.2) is 206 Å². The summed E-state index contributed by atoms with van der Waals surface area (Å²) in [5.41, 5.74) is 19.7. The van der Waals surface area contributed by atoms with Crippen molar-refractivity contribution in [2.24, 2.45) is 0 Å². The van der Waals surface area contributed by atoms with Crippen LogP contribution in [0.5, 0.6) is 0 Å². The Bertz CT molecular complexity index is 3310. The molecule has 0 aliphatic rings. The van der Waals surface area contributed by atoms with Crippen molar-refractivity contribution in [2.45, 2.75) is 27.7 Å². The highest BCUT2D eigenvalue weighted by Crippen LogP contribution is 2.45. The third-order valence-electron chi connectivity index (χ3n) is 12.8. The minimum absolute atomic E-state index is 1.19. The van der Waals surface area contributed by atoms with E-state index < -0.39 is 0 Å². The first-order valence-corrected chi connectivity index (χ1v) is 21.7. The molecule has 0 heterocycles. The second kappa shape index (κ2) is 15.2. The number of benzene rings is 11. The number of hydrogen-bond donors (Lipinski definition) is 0. The van der Waals surface area contributed by atoms with Crippen molar-refractivity contribution in [3.63, 3.8) is 0 Å². The van der Waals surface area contributed by atoms with Crippen LogP contribution in [0, 0.1) is 27.7 Å². The Kier molecular flexibility index (Phi) is 9.17. The summed E-state index contributed by atoms with van der Waals surface area (Å²) in [5.74, 6) is 0. The van der Waals surface area contributed by atoms with Crippen LogP contribution >= 0.6 is 0 Å². The van der Waals surface area contributed by atoms with Gasteiger partial charge in [0.1, 0.15) is 0 Å². The Hall–Kier alpha value is -7.54. The average molecular weight is 791 g/mol. The summed E-state index contributed by atoms with van der Waals surface area (Å²) in [6.45, 7) is 8.65. The summed E-state index contributed by atoms with van der Waals surface area (Å²) in [4.78, 5) is 0. The van der Waals surface area contributed by atoms with Gasteiger partial charge in [0.15, 0.2) is 0 Å². The first-order chi connectivity index (χ1) is 30.3. The predicted molar refractivity (Wildman–Crippen MR) is 268 cm³/mol. The molecule has 294 valence electrons. The first kappa shape index (κ1) is 37.5. The van der Waals surface area contributed by atoms with Gasteiger partial charge in [-0.2, -0.15) is 0 Å². The third-order valence-corrected chi connectivity index (χ3v) is 12.8. The molecule has 0 spiro atoms. The van der Waals surface area contributed by atoms with E-state index in [0.717, 1.165) is 0 Å². The maximum atomic E-state index is 2.37. The largest absolute Gasteiger partial charge is 0.0610 e. The SMILES string of the molecule is Cc1ccc2cc(-c3cccc(-c4ccc(-c5cccc(-c6ccc7cc(C)ccc7c6)c5-c5ccc6cc(C)ccc6c5)cc4)c3-c3ccc4cc(C)ccc4c3)ccc2c1. The minimum Gasteiger partial charge on any atom is -0.0610 e. The smallest absolute Gasteiger partial charge is 0.00266 e. The molecule has 11 rings (SSSR count). The minimum atomic E-state index is 1.19. The van der Waals surface area contributed by atoms with Crippen LogP contribution in [0.25, 0.3) is 110 Å². The van der Waals surface area contributed by atoms with Gasteiger partial charge in [-0.1, -0.05) is 204 Å². The van der Waals surface area contributed by atoms with Crippen molar-refractivity contribution in [1.82, 2.24) is 0 Å². The molecule has 0 aliphatic heterocycles. The number of rotatable bonds is 6. The molecule has 0 saturated heterocycles. The van der Waals surface area contributed by atoms with Crippen molar-refractivity contribution in [3.8, 4) is 66.8 Å². The summed E-state index contributed by atoms with van der Waals surface area (Å²) in [7, 11) is 0.